The van der Waals surface area contributed by atoms with Gasteiger partial charge < -0.3 is 9.47 Å². The highest BCUT2D eigenvalue weighted by atomic mass is 79.9. The Morgan fingerprint density at radius 1 is 1.44 bits per heavy atom. The molecule has 0 saturated carbocycles. The molecule has 0 atom stereocenters. The van der Waals surface area contributed by atoms with Crippen molar-refractivity contribution in [2.75, 3.05) is 6.61 Å². The molecule has 2 rings (SSSR count). The molecule has 0 radical (unpaired) electrons. The molecule has 0 aliphatic rings. The van der Waals surface area contributed by atoms with Crippen molar-refractivity contribution in [3.8, 4) is 10.9 Å². The minimum Gasteiger partial charge on any atom is -0.461 e. The van der Waals surface area contributed by atoms with Gasteiger partial charge in [0, 0.05) is 4.47 Å². The standard InChI is InChI=1S/C11H9BrN2O3S/c1-2-16-10(15)9-13-14-11(18-9)17-8-5-3-4-7(12)6-8/h3-6H,2H2,1H3. The number of hydrogen-bond acceptors (Lipinski definition) is 6. The lowest BCUT2D eigenvalue weighted by Crippen LogP contribution is -2.03. The molecule has 94 valence electrons. The first-order valence-corrected chi connectivity index (χ1v) is 6.74. The second-order valence-electron chi connectivity index (χ2n) is 3.15. The number of aromatic nitrogens is 2. The monoisotopic (exact) mass is 328 g/mol. The molecule has 0 unspecified atom stereocenters. The Labute approximate surface area is 116 Å². The first kappa shape index (κ1) is 13.0. The minimum atomic E-state index is -0.487. The molecule has 1 heterocycles. The van der Waals surface area contributed by atoms with Crippen molar-refractivity contribution in [2.24, 2.45) is 0 Å². The molecule has 1 aromatic carbocycles. The summed E-state index contributed by atoms with van der Waals surface area (Å²) in [6, 6.07) is 7.31. The summed E-state index contributed by atoms with van der Waals surface area (Å²) in [7, 11) is 0. The number of hydrogen-bond donors (Lipinski definition) is 0. The van der Waals surface area contributed by atoms with Crippen LogP contribution >= 0.6 is 27.3 Å². The van der Waals surface area contributed by atoms with E-state index in [1.165, 1.54) is 0 Å². The third-order valence-corrected chi connectivity index (χ3v) is 3.13. The second-order valence-corrected chi connectivity index (χ2v) is 5.01. The SMILES string of the molecule is CCOC(=O)c1nnc(Oc2cccc(Br)c2)s1. The van der Waals surface area contributed by atoms with E-state index in [-0.39, 0.29) is 5.01 Å². The molecule has 0 amide bonds. The summed E-state index contributed by atoms with van der Waals surface area (Å²) < 4.78 is 11.2. The fourth-order valence-electron chi connectivity index (χ4n) is 1.16. The van der Waals surface area contributed by atoms with Gasteiger partial charge in [0.2, 0.25) is 5.01 Å². The maximum atomic E-state index is 11.4. The number of carbonyl (C=O) groups excluding carboxylic acids is 1. The maximum absolute atomic E-state index is 11.4. The Hall–Kier alpha value is -1.47. The first-order chi connectivity index (χ1) is 8.69. The quantitative estimate of drug-likeness (QED) is 0.806. The molecule has 0 aliphatic carbocycles. The molecule has 0 N–H and O–H groups in total. The largest absolute Gasteiger partial charge is 0.461 e. The van der Waals surface area contributed by atoms with Crippen molar-refractivity contribution in [3.63, 3.8) is 0 Å². The lowest BCUT2D eigenvalue weighted by atomic mass is 10.3. The molecule has 0 spiro atoms. The summed E-state index contributed by atoms with van der Waals surface area (Å²) in [5.74, 6) is 0.134. The van der Waals surface area contributed by atoms with Crippen molar-refractivity contribution in [1.29, 1.82) is 0 Å². The fourth-order valence-corrected chi connectivity index (χ4v) is 2.14. The number of benzene rings is 1. The van der Waals surface area contributed by atoms with Gasteiger partial charge in [-0.05, 0) is 36.5 Å². The number of rotatable bonds is 4. The molecular formula is C11H9BrN2O3S. The van der Waals surface area contributed by atoms with Crippen LogP contribution in [0.4, 0.5) is 0 Å². The molecular weight excluding hydrogens is 320 g/mol. The van der Waals surface area contributed by atoms with Gasteiger partial charge in [-0.2, -0.15) is 0 Å². The zero-order chi connectivity index (χ0) is 13.0. The van der Waals surface area contributed by atoms with E-state index in [2.05, 4.69) is 26.1 Å². The first-order valence-electron chi connectivity index (χ1n) is 5.13. The molecule has 7 heteroatoms. The van der Waals surface area contributed by atoms with Gasteiger partial charge in [0.15, 0.2) is 0 Å². The van der Waals surface area contributed by atoms with Crippen molar-refractivity contribution >= 4 is 33.2 Å². The molecule has 5 nitrogen and oxygen atoms in total. The van der Waals surface area contributed by atoms with Crippen molar-refractivity contribution in [2.45, 2.75) is 6.92 Å². The smallest absolute Gasteiger partial charge is 0.369 e. The summed E-state index contributed by atoms with van der Waals surface area (Å²) >= 11 is 4.39. The third-order valence-electron chi connectivity index (χ3n) is 1.86. The van der Waals surface area contributed by atoms with Crippen LogP contribution in [0.1, 0.15) is 16.7 Å². The van der Waals surface area contributed by atoms with Crippen LogP contribution in [0.25, 0.3) is 0 Å². The number of nitrogens with zero attached hydrogens (tertiary/aromatic N) is 2. The average molecular weight is 329 g/mol. The number of carbonyl (C=O) groups is 1. The predicted molar refractivity (Wildman–Crippen MR) is 70.1 cm³/mol. The van der Waals surface area contributed by atoms with Crippen LogP contribution in [0.2, 0.25) is 0 Å². The summed E-state index contributed by atoms with van der Waals surface area (Å²) in [6.07, 6.45) is 0. The van der Waals surface area contributed by atoms with Gasteiger partial charge in [-0.15, -0.1) is 5.10 Å². The van der Waals surface area contributed by atoms with E-state index in [9.17, 15) is 4.79 Å². The van der Waals surface area contributed by atoms with Gasteiger partial charge in [0.25, 0.3) is 5.19 Å². The highest BCUT2D eigenvalue weighted by molar-refractivity contribution is 9.10. The molecule has 18 heavy (non-hydrogen) atoms. The molecule has 0 bridgehead atoms. The van der Waals surface area contributed by atoms with Crippen LogP contribution < -0.4 is 4.74 Å². The van der Waals surface area contributed by atoms with Crippen LogP contribution in [-0.2, 0) is 4.74 Å². The summed E-state index contributed by atoms with van der Waals surface area (Å²) in [5, 5.41) is 7.97. The number of ether oxygens (including phenoxy) is 2. The Morgan fingerprint density at radius 2 is 2.28 bits per heavy atom. The van der Waals surface area contributed by atoms with Crippen molar-refractivity contribution in [3.05, 3.63) is 33.7 Å². The Morgan fingerprint density at radius 3 is 3.00 bits per heavy atom. The highest BCUT2D eigenvalue weighted by Gasteiger charge is 2.14. The summed E-state index contributed by atoms with van der Waals surface area (Å²) in [4.78, 5) is 11.4. The van der Waals surface area contributed by atoms with Crippen molar-refractivity contribution in [1.82, 2.24) is 10.2 Å². The van der Waals surface area contributed by atoms with Gasteiger partial charge >= 0.3 is 5.97 Å². The van der Waals surface area contributed by atoms with Crippen LogP contribution in [0, 0.1) is 0 Å². The zero-order valence-corrected chi connectivity index (χ0v) is 11.8. The summed E-state index contributed by atoms with van der Waals surface area (Å²) in [6.45, 7) is 2.04. The van der Waals surface area contributed by atoms with E-state index < -0.39 is 5.97 Å². The molecule has 2 aromatic rings. The van der Waals surface area contributed by atoms with Crippen LogP contribution in [-0.4, -0.2) is 22.8 Å². The van der Waals surface area contributed by atoms with E-state index in [0.29, 0.717) is 17.6 Å². The summed E-state index contributed by atoms with van der Waals surface area (Å²) in [5.41, 5.74) is 0. The molecule has 1 aromatic heterocycles. The second kappa shape index (κ2) is 5.92. The van der Waals surface area contributed by atoms with Gasteiger partial charge in [0.1, 0.15) is 5.75 Å². The molecule has 0 fully saturated rings. The van der Waals surface area contributed by atoms with Gasteiger partial charge in [-0.1, -0.05) is 27.1 Å². The lowest BCUT2D eigenvalue weighted by molar-refractivity contribution is 0.0525. The van der Waals surface area contributed by atoms with Crippen LogP contribution in [0.5, 0.6) is 10.9 Å². The number of halogens is 1. The maximum Gasteiger partial charge on any atom is 0.369 e. The normalized spacial score (nSPS) is 10.1. The van der Waals surface area contributed by atoms with Gasteiger partial charge in [-0.3, -0.25) is 0 Å². The Bertz CT molecular complexity index is 559. The molecule has 0 aliphatic heterocycles. The zero-order valence-electron chi connectivity index (χ0n) is 9.42. The van der Waals surface area contributed by atoms with E-state index in [4.69, 9.17) is 9.47 Å². The lowest BCUT2D eigenvalue weighted by Gasteiger charge is -2.00. The average Bonchev–Trinajstić information content (AvgIpc) is 2.78. The highest BCUT2D eigenvalue weighted by Crippen LogP contribution is 2.27. The van der Waals surface area contributed by atoms with Gasteiger partial charge in [0.05, 0.1) is 6.61 Å². The fraction of sp³-hybridized carbons (Fsp3) is 0.182. The third kappa shape index (κ3) is 3.27. The predicted octanol–water partition coefficient (Wildman–Crippen LogP) is 3.27. The Kier molecular flexibility index (Phi) is 4.27. The van der Waals surface area contributed by atoms with Crippen LogP contribution in [0.3, 0.4) is 0 Å². The number of esters is 1. The minimum absolute atomic E-state index is 0.182. The van der Waals surface area contributed by atoms with E-state index in [1.807, 2.05) is 12.1 Å². The van der Waals surface area contributed by atoms with Gasteiger partial charge in [-0.25, -0.2) is 4.79 Å². The Balaban J connectivity index is 2.09. The van der Waals surface area contributed by atoms with Crippen molar-refractivity contribution < 1.29 is 14.3 Å². The van der Waals surface area contributed by atoms with Crippen LogP contribution in [0.15, 0.2) is 28.7 Å². The van der Waals surface area contributed by atoms with E-state index >= 15 is 0 Å². The van der Waals surface area contributed by atoms with E-state index in [1.54, 1.807) is 19.1 Å². The van der Waals surface area contributed by atoms with E-state index in [0.717, 1.165) is 15.8 Å². The topological polar surface area (TPSA) is 61.3 Å². The molecule has 0 saturated heterocycles.